The Labute approximate surface area is 163 Å². The van der Waals surface area contributed by atoms with Crippen molar-refractivity contribution in [1.29, 1.82) is 0 Å². The SMILES string of the molecule is CCCCn1c(SCC(=O)c2cc(C)ccc2C)nc2ccccc2c1=O. The monoisotopic (exact) mass is 380 g/mol. The van der Waals surface area contributed by atoms with Crippen molar-refractivity contribution in [2.75, 3.05) is 5.75 Å². The van der Waals surface area contributed by atoms with Crippen molar-refractivity contribution < 1.29 is 4.79 Å². The lowest BCUT2D eigenvalue weighted by molar-refractivity contribution is 0.102. The van der Waals surface area contributed by atoms with E-state index < -0.39 is 0 Å². The van der Waals surface area contributed by atoms with Gasteiger partial charge in [0.15, 0.2) is 10.9 Å². The summed E-state index contributed by atoms with van der Waals surface area (Å²) in [5.41, 5.74) is 3.43. The van der Waals surface area contributed by atoms with Gasteiger partial charge in [-0.25, -0.2) is 4.98 Å². The number of nitrogens with zero attached hydrogens (tertiary/aromatic N) is 2. The van der Waals surface area contributed by atoms with Crippen LogP contribution in [-0.4, -0.2) is 21.1 Å². The van der Waals surface area contributed by atoms with E-state index in [-0.39, 0.29) is 17.1 Å². The molecule has 0 spiro atoms. The second-order valence-electron chi connectivity index (χ2n) is 6.75. The van der Waals surface area contributed by atoms with Gasteiger partial charge in [-0.2, -0.15) is 0 Å². The number of Topliss-reactive ketones (excluding diaryl/α,β-unsaturated/α-hetero) is 1. The lowest BCUT2D eigenvalue weighted by atomic mass is 10.0. The van der Waals surface area contributed by atoms with E-state index in [1.165, 1.54) is 11.8 Å². The molecule has 0 aliphatic rings. The molecular formula is C22H24N2O2S. The Morgan fingerprint density at radius 3 is 2.70 bits per heavy atom. The standard InChI is InChI=1S/C22H24N2O2S/c1-4-5-12-24-21(26)17-8-6-7-9-19(17)23-22(24)27-14-20(25)18-13-15(2)10-11-16(18)3/h6-11,13H,4-5,12,14H2,1-3H3. The van der Waals surface area contributed by atoms with Gasteiger partial charge >= 0.3 is 0 Å². The van der Waals surface area contributed by atoms with Crippen LogP contribution in [-0.2, 0) is 6.54 Å². The molecule has 4 nitrogen and oxygen atoms in total. The molecule has 1 aromatic heterocycles. The smallest absolute Gasteiger partial charge is 0.262 e. The number of carbonyl (C=O) groups is 1. The summed E-state index contributed by atoms with van der Waals surface area (Å²) in [4.78, 5) is 30.3. The zero-order chi connectivity index (χ0) is 19.4. The van der Waals surface area contributed by atoms with Crippen LogP contribution in [0.2, 0.25) is 0 Å². The third-order valence-corrected chi connectivity index (χ3v) is 5.56. The molecule has 3 rings (SSSR count). The topological polar surface area (TPSA) is 52.0 Å². The third-order valence-electron chi connectivity index (χ3n) is 4.59. The highest BCUT2D eigenvalue weighted by molar-refractivity contribution is 7.99. The molecule has 3 aromatic rings. The molecule has 0 radical (unpaired) electrons. The first-order valence-corrected chi connectivity index (χ1v) is 10.2. The molecule has 27 heavy (non-hydrogen) atoms. The van der Waals surface area contributed by atoms with Crippen molar-refractivity contribution in [3.05, 3.63) is 69.5 Å². The van der Waals surface area contributed by atoms with Crippen LogP contribution < -0.4 is 5.56 Å². The number of carbonyl (C=O) groups excluding carboxylic acids is 1. The third kappa shape index (κ3) is 4.30. The number of thioether (sulfide) groups is 1. The molecule has 0 aliphatic heterocycles. The summed E-state index contributed by atoms with van der Waals surface area (Å²) in [6.45, 7) is 6.64. The fourth-order valence-corrected chi connectivity index (χ4v) is 3.92. The van der Waals surface area contributed by atoms with Crippen LogP contribution >= 0.6 is 11.8 Å². The minimum Gasteiger partial charge on any atom is -0.293 e. The van der Waals surface area contributed by atoms with Crippen LogP contribution in [0.25, 0.3) is 10.9 Å². The number of rotatable bonds is 7. The molecule has 0 aliphatic carbocycles. The predicted molar refractivity (Wildman–Crippen MR) is 112 cm³/mol. The summed E-state index contributed by atoms with van der Waals surface area (Å²) in [7, 11) is 0. The van der Waals surface area contributed by atoms with Gasteiger partial charge in [0.05, 0.1) is 16.7 Å². The van der Waals surface area contributed by atoms with Crippen LogP contribution in [0.1, 0.15) is 41.3 Å². The average Bonchev–Trinajstić information content (AvgIpc) is 2.67. The number of para-hydroxylation sites is 1. The van der Waals surface area contributed by atoms with Crippen molar-refractivity contribution in [2.24, 2.45) is 0 Å². The molecule has 0 unspecified atom stereocenters. The first-order chi connectivity index (χ1) is 13.0. The number of hydrogen-bond acceptors (Lipinski definition) is 4. The molecule has 0 saturated heterocycles. The van der Waals surface area contributed by atoms with Gasteiger partial charge < -0.3 is 0 Å². The predicted octanol–water partition coefficient (Wildman–Crippen LogP) is 4.79. The van der Waals surface area contributed by atoms with Gasteiger partial charge in [-0.15, -0.1) is 0 Å². The van der Waals surface area contributed by atoms with Crippen molar-refractivity contribution >= 4 is 28.4 Å². The molecule has 0 N–H and O–H groups in total. The normalized spacial score (nSPS) is 11.1. The number of ketones is 1. The summed E-state index contributed by atoms with van der Waals surface area (Å²) < 4.78 is 1.72. The fourth-order valence-electron chi connectivity index (χ4n) is 3.02. The minimum absolute atomic E-state index is 0.0317. The summed E-state index contributed by atoms with van der Waals surface area (Å²) in [6, 6.07) is 13.3. The molecule has 5 heteroatoms. The van der Waals surface area contributed by atoms with Crippen LogP contribution in [0.4, 0.5) is 0 Å². The minimum atomic E-state index is -0.0317. The highest BCUT2D eigenvalue weighted by Crippen LogP contribution is 2.21. The molecule has 0 fully saturated rings. The number of aromatic nitrogens is 2. The van der Waals surface area contributed by atoms with E-state index in [0.717, 1.165) is 29.5 Å². The van der Waals surface area contributed by atoms with Gasteiger partial charge in [0, 0.05) is 12.1 Å². The van der Waals surface area contributed by atoms with E-state index in [0.29, 0.717) is 22.6 Å². The van der Waals surface area contributed by atoms with Crippen molar-refractivity contribution in [3.8, 4) is 0 Å². The summed E-state index contributed by atoms with van der Waals surface area (Å²) in [6.07, 6.45) is 1.89. The van der Waals surface area contributed by atoms with E-state index in [2.05, 4.69) is 11.9 Å². The van der Waals surface area contributed by atoms with Crippen molar-refractivity contribution in [2.45, 2.75) is 45.3 Å². The van der Waals surface area contributed by atoms with Crippen molar-refractivity contribution in [1.82, 2.24) is 9.55 Å². The number of unbranched alkanes of at least 4 members (excludes halogenated alkanes) is 1. The van der Waals surface area contributed by atoms with Crippen LogP contribution in [0.15, 0.2) is 52.4 Å². The van der Waals surface area contributed by atoms with Crippen LogP contribution in [0.3, 0.4) is 0 Å². The molecule has 0 bridgehead atoms. The van der Waals surface area contributed by atoms with Crippen LogP contribution in [0, 0.1) is 13.8 Å². The Morgan fingerprint density at radius 2 is 1.93 bits per heavy atom. The molecule has 2 aromatic carbocycles. The summed E-state index contributed by atoms with van der Waals surface area (Å²) >= 11 is 1.35. The van der Waals surface area contributed by atoms with Crippen LogP contribution in [0.5, 0.6) is 0 Å². The second-order valence-corrected chi connectivity index (χ2v) is 7.69. The highest BCUT2D eigenvalue weighted by Gasteiger charge is 2.15. The summed E-state index contributed by atoms with van der Waals surface area (Å²) in [5, 5.41) is 1.24. The fraction of sp³-hybridized carbons (Fsp3) is 0.318. The Kier molecular flexibility index (Phi) is 6.11. The molecule has 0 amide bonds. The van der Waals surface area contributed by atoms with Gasteiger partial charge in [0.1, 0.15) is 0 Å². The molecule has 1 heterocycles. The molecular weight excluding hydrogens is 356 g/mol. The number of aryl methyl sites for hydroxylation is 2. The Hall–Kier alpha value is -2.40. The van der Waals surface area contributed by atoms with Gasteiger partial charge in [-0.3, -0.25) is 14.2 Å². The zero-order valence-corrected chi connectivity index (χ0v) is 16.8. The van der Waals surface area contributed by atoms with E-state index in [9.17, 15) is 9.59 Å². The number of benzene rings is 2. The highest BCUT2D eigenvalue weighted by atomic mass is 32.2. The lowest BCUT2D eigenvalue weighted by Gasteiger charge is -2.13. The van der Waals surface area contributed by atoms with E-state index in [4.69, 9.17) is 0 Å². The van der Waals surface area contributed by atoms with E-state index in [1.54, 1.807) is 4.57 Å². The lowest BCUT2D eigenvalue weighted by Crippen LogP contribution is -2.24. The van der Waals surface area contributed by atoms with Gasteiger partial charge in [0.2, 0.25) is 0 Å². The van der Waals surface area contributed by atoms with E-state index >= 15 is 0 Å². The first-order valence-electron chi connectivity index (χ1n) is 9.24. The number of fused-ring (bicyclic) bond motifs is 1. The maximum absolute atomic E-state index is 12.9. The Morgan fingerprint density at radius 1 is 1.15 bits per heavy atom. The van der Waals surface area contributed by atoms with Gasteiger partial charge in [0.25, 0.3) is 5.56 Å². The largest absolute Gasteiger partial charge is 0.293 e. The van der Waals surface area contributed by atoms with Gasteiger partial charge in [-0.05, 0) is 44.0 Å². The second kappa shape index (κ2) is 8.53. The molecule has 0 atom stereocenters. The molecule has 140 valence electrons. The Bertz CT molecular complexity index is 1040. The zero-order valence-electron chi connectivity index (χ0n) is 16.0. The van der Waals surface area contributed by atoms with Crippen molar-refractivity contribution in [3.63, 3.8) is 0 Å². The average molecular weight is 381 g/mol. The Balaban J connectivity index is 1.92. The summed E-state index contributed by atoms with van der Waals surface area (Å²) in [5.74, 6) is 0.326. The van der Waals surface area contributed by atoms with Gasteiger partial charge in [-0.1, -0.05) is 54.9 Å². The quantitative estimate of drug-likeness (QED) is 0.336. The number of hydrogen-bond donors (Lipinski definition) is 0. The molecule has 0 saturated carbocycles. The first kappa shape index (κ1) is 19.4. The maximum atomic E-state index is 12.9. The maximum Gasteiger partial charge on any atom is 0.262 e. The van der Waals surface area contributed by atoms with E-state index in [1.807, 2.05) is 56.3 Å².